The van der Waals surface area contributed by atoms with E-state index in [2.05, 4.69) is 11.0 Å². The third-order valence-electron chi connectivity index (χ3n) is 2.32. The van der Waals surface area contributed by atoms with Gasteiger partial charge in [-0.05, 0) is 6.92 Å². The van der Waals surface area contributed by atoms with Crippen molar-refractivity contribution < 1.29 is 5.11 Å². The minimum atomic E-state index is 0.235. The lowest BCUT2D eigenvalue weighted by molar-refractivity contribution is 0.398. The van der Waals surface area contributed by atoms with Gasteiger partial charge in [0.1, 0.15) is 5.70 Å². The van der Waals surface area contributed by atoms with Crippen LogP contribution in [0.4, 0.5) is 0 Å². The van der Waals surface area contributed by atoms with Crippen LogP contribution in [0.5, 0.6) is 0 Å². The standard InChI is InChI=1S/C12H12N2O/c1-9-8-13-14(2)11(12(9)15)10-6-4-3-5-7-10/h3-7,15H,1-2H3. The molecule has 0 fully saturated rings. The van der Waals surface area contributed by atoms with Gasteiger partial charge in [-0.15, -0.1) is 5.10 Å². The summed E-state index contributed by atoms with van der Waals surface area (Å²) in [6, 6.07) is 9.68. The molecule has 0 bridgehead atoms. The molecule has 0 radical (unpaired) electrons. The van der Waals surface area contributed by atoms with Crippen LogP contribution in [0.1, 0.15) is 12.5 Å². The minimum absolute atomic E-state index is 0.235. The monoisotopic (exact) mass is 200 g/mol. The molecular formula is C12H12N2O. The van der Waals surface area contributed by atoms with Crippen LogP contribution in [0.2, 0.25) is 0 Å². The number of allylic oxidation sites excluding steroid dienone is 1. The normalized spacial score (nSPS) is 15.6. The second-order valence-corrected chi connectivity index (χ2v) is 3.42. The average molecular weight is 200 g/mol. The first-order valence-corrected chi connectivity index (χ1v) is 4.73. The first kappa shape index (κ1) is 9.56. The third kappa shape index (κ3) is 1.65. The van der Waals surface area contributed by atoms with Gasteiger partial charge in [-0.1, -0.05) is 30.3 Å². The number of hydrazone groups is 1. The molecule has 1 N–H and O–H groups in total. The van der Waals surface area contributed by atoms with Crippen molar-refractivity contribution in [2.24, 2.45) is 5.10 Å². The van der Waals surface area contributed by atoms with Crippen LogP contribution < -0.4 is 0 Å². The lowest BCUT2D eigenvalue weighted by atomic mass is 10.1. The summed E-state index contributed by atoms with van der Waals surface area (Å²) in [4.78, 5) is 0. The number of rotatable bonds is 1. The Labute approximate surface area is 88.7 Å². The summed E-state index contributed by atoms with van der Waals surface area (Å²) in [6.07, 6.45) is 0. The molecule has 0 saturated carbocycles. The fourth-order valence-corrected chi connectivity index (χ4v) is 1.50. The van der Waals surface area contributed by atoms with Crippen molar-refractivity contribution in [3.8, 4) is 0 Å². The molecule has 15 heavy (non-hydrogen) atoms. The van der Waals surface area contributed by atoms with E-state index in [4.69, 9.17) is 0 Å². The molecule has 2 rings (SSSR count). The van der Waals surface area contributed by atoms with Crippen molar-refractivity contribution in [3.05, 3.63) is 47.2 Å². The molecule has 1 heterocycles. The van der Waals surface area contributed by atoms with Gasteiger partial charge in [0, 0.05) is 18.5 Å². The quantitative estimate of drug-likeness (QED) is 0.755. The van der Waals surface area contributed by atoms with E-state index in [9.17, 15) is 5.11 Å². The van der Waals surface area contributed by atoms with E-state index < -0.39 is 0 Å². The zero-order chi connectivity index (χ0) is 10.8. The zero-order valence-electron chi connectivity index (χ0n) is 8.73. The van der Waals surface area contributed by atoms with Crippen molar-refractivity contribution >= 4 is 11.6 Å². The minimum Gasteiger partial charge on any atom is -0.505 e. The maximum Gasteiger partial charge on any atom is 0.153 e. The highest BCUT2D eigenvalue weighted by molar-refractivity contribution is 5.77. The van der Waals surface area contributed by atoms with Gasteiger partial charge in [-0.3, -0.25) is 5.01 Å². The number of nitrogens with zero attached hydrogens (tertiary/aromatic N) is 2. The van der Waals surface area contributed by atoms with Crippen LogP contribution in [0.3, 0.4) is 0 Å². The molecule has 1 aromatic carbocycles. The summed E-state index contributed by atoms with van der Waals surface area (Å²) in [6.45, 7) is 1.79. The zero-order valence-corrected chi connectivity index (χ0v) is 8.73. The number of hydrogen-bond donors (Lipinski definition) is 1. The molecule has 1 aliphatic rings. The van der Waals surface area contributed by atoms with Gasteiger partial charge >= 0.3 is 0 Å². The van der Waals surface area contributed by atoms with E-state index in [1.807, 2.05) is 30.3 Å². The maximum atomic E-state index is 9.94. The molecule has 1 aliphatic heterocycles. The Kier molecular flexibility index (Phi) is 2.32. The molecule has 0 amide bonds. The lowest BCUT2D eigenvalue weighted by Crippen LogP contribution is -2.15. The SMILES string of the molecule is CC1=C=NN(C)C(c2ccccc2)=C1O. The Morgan fingerprint density at radius 3 is 2.60 bits per heavy atom. The highest BCUT2D eigenvalue weighted by Crippen LogP contribution is 2.25. The van der Waals surface area contributed by atoms with Gasteiger partial charge in [0.25, 0.3) is 0 Å². The second-order valence-electron chi connectivity index (χ2n) is 3.42. The summed E-state index contributed by atoms with van der Waals surface area (Å²) < 4.78 is 0. The Morgan fingerprint density at radius 2 is 1.93 bits per heavy atom. The fourth-order valence-electron chi connectivity index (χ4n) is 1.50. The smallest absolute Gasteiger partial charge is 0.153 e. The van der Waals surface area contributed by atoms with E-state index in [1.54, 1.807) is 19.0 Å². The Bertz CT molecular complexity index is 468. The Morgan fingerprint density at radius 1 is 1.27 bits per heavy atom. The highest BCUT2D eigenvalue weighted by atomic mass is 16.3. The van der Waals surface area contributed by atoms with Crippen molar-refractivity contribution in [3.63, 3.8) is 0 Å². The molecule has 0 atom stereocenters. The van der Waals surface area contributed by atoms with E-state index >= 15 is 0 Å². The van der Waals surface area contributed by atoms with Gasteiger partial charge in [0.15, 0.2) is 5.76 Å². The molecule has 0 aromatic heterocycles. The molecule has 0 saturated heterocycles. The highest BCUT2D eigenvalue weighted by Gasteiger charge is 2.17. The summed E-state index contributed by atoms with van der Waals surface area (Å²) in [5.41, 5.74) is 2.32. The third-order valence-corrected chi connectivity index (χ3v) is 2.32. The van der Waals surface area contributed by atoms with Crippen molar-refractivity contribution in [2.75, 3.05) is 7.05 Å². The van der Waals surface area contributed by atoms with Gasteiger partial charge < -0.3 is 5.11 Å². The molecule has 0 unspecified atom stereocenters. The van der Waals surface area contributed by atoms with Crippen LogP contribution in [-0.4, -0.2) is 23.0 Å². The van der Waals surface area contributed by atoms with Crippen molar-refractivity contribution in [1.29, 1.82) is 0 Å². The lowest BCUT2D eigenvalue weighted by Gasteiger charge is -2.20. The van der Waals surface area contributed by atoms with E-state index in [1.165, 1.54) is 0 Å². The summed E-state index contributed by atoms with van der Waals surface area (Å²) in [5, 5.41) is 15.6. The van der Waals surface area contributed by atoms with Crippen LogP contribution in [0.15, 0.2) is 46.8 Å². The number of benzene rings is 1. The first-order chi connectivity index (χ1) is 7.20. The number of aliphatic hydroxyl groups excluding tert-OH is 1. The van der Waals surface area contributed by atoms with Crippen LogP contribution in [-0.2, 0) is 0 Å². The van der Waals surface area contributed by atoms with Gasteiger partial charge in [-0.25, -0.2) is 0 Å². The first-order valence-electron chi connectivity index (χ1n) is 4.73. The number of aliphatic hydroxyl groups is 1. The van der Waals surface area contributed by atoms with E-state index in [0.717, 1.165) is 5.56 Å². The predicted molar refractivity (Wildman–Crippen MR) is 60.4 cm³/mol. The van der Waals surface area contributed by atoms with Gasteiger partial charge in [0.2, 0.25) is 0 Å². The second kappa shape index (κ2) is 3.64. The predicted octanol–water partition coefficient (Wildman–Crippen LogP) is 2.39. The van der Waals surface area contributed by atoms with Gasteiger partial charge in [0.05, 0.1) is 5.57 Å². The van der Waals surface area contributed by atoms with Crippen LogP contribution >= 0.6 is 0 Å². The Hall–Kier alpha value is -1.99. The summed E-state index contributed by atoms with van der Waals surface area (Å²) in [7, 11) is 1.79. The summed E-state index contributed by atoms with van der Waals surface area (Å²) >= 11 is 0. The molecule has 0 aliphatic carbocycles. The molecule has 3 heteroatoms. The fraction of sp³-hybridized carbons (Fsp3) is 0.167. The molecular weight excluding hydrogens is 188 g/mol. The largest absolute Gasteiger partial charge is 0.505 e. The Balaban J connectivity index is 2.55. The molecule has 3 nitrogen and oxygen atoms in total. The van der Waals surface area contributed by atoms with Crippen molar-refractivity contribution in [2.45, 2.75) is 6.92 Å². The molecule has 76 valence electrons. The van der Waals surface area contributed by atoms with Crippen LogP contribution in [0, 0.1) is 0 Å². The van der Waals surface area contributed by atoms with E-state index in [-0.39, 0.29) is 5.76 Å². The number of hydrogen-bond acceptors (Lipinski definition) is 3. The maximum absolute atomic E-state index is 9.94. The van der Waals surface area contributed by atoms with Crippen molar-refractivity contribution in [1.82, 2.24) is 5.01 Å². The summed E-state index contributed by atoms with van der Waals surface area (Å²) in [5.74, 6) is 2.98. The average Bonchev–Trinajstić information content (AvgIpc) is 2.26. The topological polar surface area (TPSA) is 35.8 Å². The molecule has 0 spiro atoms. The van der Waals surface area contributed by atoms with Gasteiger partial charge in [-0.2, -0.15) is 0 Å². The van der Waals surface area contributed by atoms with Crippen LogP contribution in [0.25, 0.3) is 5.70 Å². The molecule has 1 aromatic rings. The van der Waals surface area contributed by atoms with E-state index in [0.29, 0.717) is 11.3 Å².